The van der Waals surface area contributed by atoms with Gasteiger partial charge in [-0.2, -0.15) is 0 Å². The van der Waals surface area contributed by atoms with Gasteiger partial charge in [0.05, 0.1) is 19.4 Å². The second-order valence-electron chi connectivity index (χ2n) is 3.81. The minimum absolute atomic E-state index is 0.192. The molecule has 0 spiro atoms. The summed E-state index contributed by atoms with van der Waals surface area (Å²) in [5.41, 5.74) is 1.17. The van der Waals surface area contributed by atoms with Crippen molar-refractivity contribution in [2.24, 2.45) is 0 Å². The highest BCUT2D eigenvalue weighted by molar-refractivity contribution is 5.14. The molecule has 0 radical (unpaired) electrons. The van der Waals surface area contributed by atoms with Crippen LogP contribution in [0.15, 0.2) is 16.7 Å². The molecule has 0 saturated heterocycles. The summed E-state index contributed by atoms with van der Waals surface area (Å²) < 4.78 is 5.37. The van der Waals surface area contributed by atoms with E-state index in [1.165, 1.54) is 5.56 Å². The van der Waals surface area contributed by atoms with Crippen LogP contribution >= 0.6 is 0 Å². The molecule has 0 unspecified atom stereocenters. The lowest BCUT2D eigenvalue weighted by atomic mass is 10.2. The van der Waals surface area contributed by atoms with Gasteiger partial charge in [-0.15, -0.1) is 0 Å². The lowest BCUT2D eigenvalue weighted by Crippen LogP contribution is -2.32. The highest BCUT2D eigenvalue weighted by Gasteiger charge is 2.12. The van der Waals surface area contributed by atoms with Crippen LogP contribution in [0.2, 0.25) is 0 Å². The fourth-order valence-electron chi connectivity index (χ4n) is 1.40. The van der Waals surface area contributed by atoms with Gasteiger partial charge in [0.1, 0.15) is 5.76 Å². The van der Waals surface area contributed by atoms with Crippen molar-refractivity contribution in [2.75, 3.05) is 13.2 Å². The number of aliphatic hydroxyl groups is 1. The van der Waals surface area contributed by atoms with Crippen LogP contribution in [0.5, 0.6) is 0 Å². The van der Waals surface area contributed by atoms with E-state index in [-0.39, 0.29) is 6.61 Å². The minimum Gasteiger partial charge on any atom is -0.468 e. The molecule has 0 fully saturated rings. The quantitative estimate of drug-likeness (QED) is 0.782. The standard InChI is InChI=1S/C11H19NO2/c1-9(2)12(5-6-13)8-11-10(3)4-7-14-11/h4,7,9,13H,5-6,8H2,1-3H3. The molecule has 3 nitrogen and oxygen atoms in total. The third-order valence-electron chi connectivity index (χ3n) is 2.43. The Morgan fingerprint density at radius 1 is 1.50 bits per heavy atom. The van der Waals surface area contributed by atoms with E-state index in [1.807, 2.05) is 13.0 Å². The first-order valence-corrected chi connectivity index (χ1v) is 5.03. The zero-order valence-corrected chi connectivity index (χ0v) is 9.16. The second-order valence-corrected chi connectivity index (χ2v) is 3.81. The summed E-state index contributed by atoms with van der Waals surface area (Å²) in [7, 11) is 0. The summed E-state index contributed by atoms with van der Waals surface area (Å²) in [5.74, 6) is 0.993. The number of furan rings is 1. The summed E-state index contributed by atoms with van der Waals surface area (Å²) in [5, 5.41) is 8.91. The highest BCUT2D eigenvalue weighted by atomic mass is 16.3. The first-order valence-electron chi connectivity index (χ1n) is 5.03. The third kappa shape index (κ3) is 2.86. The maximum atomic E-state index is 8.91. The lowest BCUT2D eigenvalue weighted by Gasteiger charge is -2.24. The van der Waals surface area contributed by atoms with E-state index in [0.717, 1.165) is 12.3 Å². The van der Waals surface area contributed by atoms with E-state index in [0.29, 0.717) is 12.6 Å². The van der Waals surface area contributed by atoms with E-state index in [4.69, 9.17) is 9.52 Å². The lowest BCUT2D eigenvalue weighted by molar-refractivity contribution is 0.150. The van der Waals surface area contributed by atoms with Gasteiger partial charge in [0.2, 0.25) is 0 Å². The zero-order chi connectivity index (χ0) is 10.6. The summed E-state index contributed by atoms with van der Waals surface area (Å²) >= 11 is 0. The average Bonchev–Trinajstić information content (AvgIpc) is 2.51. The van der Waals surface area contributed by atoms with Crippen molar-refractivity contribution in [1.82, 2.24) is 4.90 Å². The molecule has 0 atom stereocenters. The van der Waals surface area contributed by atoms with Gasteiger partial charge in [0.15, 0.2) is 0 Å². The SMILES string of the molecule is Cc1ccoc1CN(CCO)C(C)C. The molecule has 1 aromatic rings. The Kier molecular flexibility index (Phi) is 4.17. The summed E-state index contributed by atoms with van der Waals surface area (Å²) in [6.45, 7) is 7.94. The molecular formula is C11H19NO2. The Hall–Kier alpha value is -0.800. The summed E-state index contributed by atoms with van der Waals surface area (Å²) in [6.07, 6.45) is 1.71. The molecule has 0 bridgehead atoms. The Morgan fingerprint density at radius 3 is 2.64 bits per heavy atom. The van der Waals surface area contributed by atoms with Gasteiger partial charge < -0.3 is 9.52 Å². The molecule has 0 aliphatic heterocycles. The van der Waals surface area contributed by atoms with Gasteiger partial charge in [-0.1, -0.05) is 0 Å². The van der Waals surface area contributed by atoms with Crippen molar-refractivity contribution >= 4 is 0 Å². The van der Waals surface area contributed by atoms with Crippen LogP contribution in [0, 0.1) is 6.92 Å². The smallest absolute Gasteiger partial charge is 0.120 e. The molecule has 80 valence electrons. The number of nitrogens with zero attached hydrogens (tertiary/aromatic N) is 1. The molecule has 1 N–H and O–H groups in total. The molecule has 0 saturated carbocycles. The zero-order valence-electron chi connectivity index (χ0n) is 9.16. The maximum absolute atomic E-state index is 8.91. The Bertz CT molecular complexity index is 268. The Balaban J connectivity index is 2.60. The van der Waals surface area contributed by atoms with Gasteiger partial charge in [-0.05, 0) is 32.4 Å². The molecule has 0 aliphatic carbocycles. The van der Waals surface area contributed by atoms with Crippen LogP contribution in [-0.4, -0.2) is 29.2 Å². The van der Waals surface area contributed by atoms with Crippen molar-refractivity contribution in [1.29, 1.82) is 0 Å². The Labute approximate surface area is 85.3 Å². The van der Waals surface area contributed by atoms with Crippen molar-refractivity contribution < 1.29 is 9.52 Å². The van der Waals surface area contributed by atoms with E-state index < -0.39 is 0 Å². The molecule has 1 rings (SSSR count). The molecule has 0 aliphatic rings. The van der Waals surface area contributed by atoms with Gasteiger partial charge in [-0.25, -0.2) is 0 Å². The predicted molar refractivity (Wildman–Crippen MR) is 56.1 cm³/mol. The third-order valence-corrected chi connectivity index (χ3v) is 2.43. The van der Waals surface area contributed by atoms with Crippen molar-refractivity contribution in [3.63, 3.8) is 0 Å². The van der Waals surface area contributed by atoms with Crippen LogP contribution in [0.25, 0.3) is 0 Å². The first-order chi connectivity index (χ1) is 6.65. The molecular weight excluding hydrogens is 178 g/mol. The molecule has 0 aromatic carbocycles. The number of hydrogen-bond acceptors (Lipinski definition) is 3. The maximum Gasteiger partial charge on any atom is 0.120 e. The van der Waals surface area contributed by atoms with Gasteiger partial charge in [0.25, 0.3) is 0 Å². The summed E-state index contributed by atoms with van der Waals surface area (Å²) in [6, 6.07) is 2.39. The fraction of sp³-hybridized carbons (Fsp3) is 0.636. The molecule has 1 aromatic heterocycles. The topological polar surface area (TPSA) is 36.6 Å². The molecule has 3 heteroatoms. The molecule has 0 amide bonds. The van der Waals surface area contributed by atoms with Crippen LogP contribution in [0.1, 0.15) is 25.2 Å². The predicted octanol–water partition coefficient (Wildman–Crippen LogP) is 1.79. The Morgan fingerprint density at radius 2 is 2.21 bits per heavy atom. The number of aryl methyl sites for hydroxylation is 1. The van der Waals surface area contributed by atoms with E-state index >= 15 is 0 Å². The largest absolute Gasteiger partial charge is 0.468 e. The molecule has 1 heterocycles. The van der Waals surface area contributed by atoms with Crippen LogP contribution in [-0.2, 0) is 6.54 Å². The molecule has 14 heavy (non-hydrogen) atoms. The highest BCUT2D eigenvalue weighted by Crippen LogP contribution is 2.13. The van der Waals surface area contributed by atoms with Crippen molar-refractivity contribution in [3.8, 4) is 0 Å². The van der Waals surface area contributed by atoms with Crippen LogP contribution in [0.4, 0.5) is 0 Å². The minimum atomic E-state index is 0.192. The second kappa shape index (κ2) is 5.17. The first kappa shape index (κ1) is 11.3. The van der Waals surface area contributed by atoms with E-state index in [1.54, 1.807) is 6.26 Å². The van der Waals surface area contributed by atoms with Gasteiger partial charge in [0, 0.05) is 12.6 Å². The monoisotopic (exact) mass is 197 g/mol. The van der Waals surface area contributed by atoms with Crippen LogP contribution < -0.4 is 0 Å². The normalized spacial score (nSPS) is 11.6. The average molecular weight is 197 g/mol. The van der Waals surface area contributed by atoms with Crippen LogP contribution in [0.3, 0.4) is 0 Å². The number of rotatable bonds is 5. The van der Waals surface area contributed by atoms with E-state index in [2.05, 4.69) is 18.7 Å². The number of aliphatic hydroxyl groups excluding tert-OH is 1. The fourth-order valence-corrected chi connectivity index (χ4v) is 1.40. The summed E-state index contributed by atoms with van der Waals surface area (Å²) in [4.78, 5) is 2.19. The van der Waals surface area contributed by atoms with Gasteiger partial charge >= 0.3 is 0 Å². The number of hydrogen-bond donors (Lipinski definition) is 1. The van der Waals surface area contributed by atoms with Gasteiger partial charge in [-0.3, -0.25) is 4.90 Å². The van der Waals surface area contributed by atoms with E-state index in [9.17, 15) is 0 Å². The van der Waals surface area contributed by atoms with Crippen molar-refractivity contribution in [2.45, 2.75) is 33.4 Å². The van der Waals surface area contributed by atoms with Crippen molar-refractivity contribution in [3.05, 3.63) is 23.7 Å².